The summed E-state index contributed by atoms with van der Waals surface area (Å²) < 4.78 is 11.9. The summed E-state index contributed by atoms with van der Waals surface area (Å²) in [6.07, 6.45) is 1.97. The summed E-state index contributed by atoms with van der Waals surface area (Å²) in [4.78, 5) is 30.6. The number of hydrogen-bond donors (Lipinski definition) is 1. The highest BCUT2D eigenvalue weighted by molar-refractivity contribution is 7.80. The van der Waals surface area contributed by atoms with Crippen LogP contribution in [0.25, 0.3) is 5.69 Å². The van der Waals surface area contributed by atoms with E-state index in [1.54, 1.807) is 12.3 Å². The molecule has 0 bridgehead atoms. The van der Waals surface area contributed by atoms with E-state index in [0.29, 0.717) is 17.2 Å². The van der Waals surface area contributed by atoms with E-state index in [-0.39, 0.29) is 30.4 Å². The number of carbonyl (C=O) groups excluding carboxylic acids is 2. The molecule has 9 heteroatoms. The number of thiocarbonyl (C=S) groups is 1. The predicted octanol–water partition coefficient (Wildman–Crippen LogP) is 3.81. The van der Waals surface area contributed by atoms with Crippen molar-refractivity contribution < 1.29 is 19.1 Å². The lowest BCUT2D eigenvalue weighted by atomic mass is 9.96. The van der Waals surface area contributed by atoms with Crippen LogP contribution in [0.3, 0.4) is 0 Å². The Morgan fingerprint density at radius 1 is 1.09 bits per heavy atom. The first-order valence-corrected chi connectivity index (χ1v) is 11.7. The van der Waals surface area contributed by atoms with Crippen LogP contribution in [0.1, 0.15) is 51.5 Å². The fourth-order valence-corrected chi connectivity index (χ4v) is 5.00. The van der Waals surface area contributed by atoms with Crippen molar-refractivity contribution in [3.63, 3.8) is 0 Å². The second kappa shape index (κ2) is 10.3. The van der Waals surface area contributed by atoms with Crippen molar-refractivity contribution in [1.82, 2.24) is 19.8 Å². The lowest BCUT2D eigenvalue weighted by Crippen LogP contribution is -2.32. The Morgan fingerprint density at radius 3 is 2.57 bits per heavy atom. The first kappa shape index (κ1) is 24.4. The molecule has 2 aromatic heterocycles. The molecule has 3 heterocycles. The number of aryl methyl sites for hydroxylation is 1. The molecule has 4 rings (SSSR count). The number of hydrogen-bond acceptors (Lipinski definition) is 6. The van der Waals surface area contributed by atoms with Crippen molar-refractivity contribution in [1.29, 1.82) is 0 Å². The maximum absolute atomic E-state index is 12.1. The van der Waals surface area contributed by atoms with Crippen molar-refractivity contribution in [3.05, 3.63) is 82.9 Å². The van der Waals surface area contributed by atoms with E-state index in [0.717, 1.165) is 28.3 Å². The van der Waals surface area contributed by atoms with Crippen LogP contribution in [-0.4, -0.2) is 52.3 Å². The molecule has 1 aliphatic heterocycles. The number of rotatable bonds is 7. The maximum atomic E-state index is 12.1. The number of pyridine rings is 1. The molecule has 0 radical (unpaired) electrons. The summed E-state index contributed by atoms with van der Waals surface area (Å²) in [6, 6.07) is 14.9. The van der Waals surface area contributed by atoms with Gasteiger partial charge in [-0.05, 0) is 68.0 Å². The molecule has 1 aliphatic rings. The van der Waals surface area contributed by atoms with Gasteiger partial charge in [0.05, 0.1) is 44.0 Å². The zero-order chi connectivity index (χ0) is 25.1. The highest BCUT2D eigenvalue weighted by Crippen LogP contribution is 2.41. The Labute approximate surface area is 209 Å². The largest absolute Gasteiger partial charge is 0.469 e. The molecule has 1 saturated heterocycles. The first-order valence-electron chi connectivity index (χ1n) is 11.3. The third kappa shape index (κ3) is 4.77. The van der Waals surface area contributed by atoms with E-state index in [1.807, 2.05) is 55.1 Å². The number of carbonyl (C=O) groups is 2. The van der Waals surface area contributed by atoms with Crippen LogP contribution >= 0.6 is 12.2 Å². The summed E-state index contributed by atoms with van der Waals surface area (Å²) in [7, 11) is 2.75. The minimum Gasteiger partial charge on any atom is -0.469 e. The van der Waals surface area contributed by atoms with Crippen LogP contribution in [0.15, 0.2) is 54.7 Å². The highest BCUT2D eigenvalue weighted by Gasteiger charge is 2.41. The molecule has 0 aliphatic carbocycles. The van der Waals surface area contributed by atoms with Crippen LogP contribution < -0.4 is 5.32 Å². The lowest BCUT2D eigenvalue weighted by Gasteiger charge is -2.28. The zero-order valence-electron chi connectivity index (χ0n) is 20.1. The molecule has 0 spiro atoms. The van der Waals surface area contributed by atoms with E-state index in [1.165, 1.54) is 14.2 Å². The second-order valence-corrected chi connectivity index (χ2v) is 8.74. The van der Waals surface area contributed by atoms with E-state index in [4.69, 9.17) is 21.7 Å². The molecule has 8 nitrogen and oxygen atoms in total. The fraction of sp³-hybridized carbons (Fsp3) is 0.308. The van der Waals surface area contributed by atoms with Gasteiger partial charge in [-0.3, -0.25) is 9.78 Å². The molecule has 0 saturated carbocycles. The van der Waals surface area contributed by atoms with Crippen molar-refractivity contribution in [2.75, 3.05) is 20.8 Å². The molecule has 1 fully saturated rings. The van der Waals surface area contributed by atoms with Crippen LogP contribution in [0.4, 0.5) is 0 Å². The van der Waals surface area contributed by atoms with E-state index < -0.39 is 0 Å². The second-order valence-electron chi connectivity index (χ2n) is 8.35. The molecule has 1 aromatic carbocycles. The Hall–Kier alpha value is -3.72. The Morgan fingerprint density at radius 2 is 1.89 bits per heavy atom. The smallest absolute Gasteiger partial charge is 0.337 e. The number of aromatic nitrogens is 2. The van der Waals surface area contributed by atoms with Gasteiger partial charge in [0.15, 0.2) is 5.11 Å². The van der Waals surface area contributed by atoms with Crippen LogP contribution in [-0.2, 0) is 14.3 Å². The van der Waals surface area contributed by atoms with Gasteiger partial charge in [-0.2, -0.15) is 0 Å². The van der Waals surface area contributed by atoms with Gasteiger partial charge in [0.25, 0.3) is 0 Å². The normalized spacial score (nSPS) is 17.3. The topological polar surface area (TPSA) is 85.7 Å². The van der Waals surface area contributed by atoms with Gasteiger partial charge in [-0.1, -0.05) is 12.1 Å². The number of ether oxygens (including phenoxy) is 2. The van der Waals surface area contributed by atoms with Gasteiger partial charge < -0.3 is 24.3 Å². The van der Waals surface area contributed by atoms with Crippen LogP contribution in [0.2, 0.25) is 0 Å². The summed E-state index contributed by atoms with van der Waals surface area (Å²) in [5, 5.41) is 3.97. The molecule has 2 atom stereocenters. The van der Waals surface area contributed by atoms with Crippen LogP contribution in [0, 0.1) is 13.8 Å². The molecule has 1 N–H and O–H groups in total. The average Bonchev–Trinajstić information content (AvgIpc) is 3.36. The SMILES string of the molecule is COC(=O)CCN1C(=S)N[C@@H](c2ccccn2)[C@H]1c1cc(C)n(-c2cccc(C(=O)OC)c2)c1C. The van der Waals surface area contributed by atoms with E-state index in [9.17, 15) is 9.59 Å². The summed E-state index contributed by atoms with van der Waals surface area (Å²) >= 11 is 5.70. The maximum Gasteiger partial charge on any atom is 0.337 e. The Balaban J connectivity index is 1.79. The number of esters is 2. The Kier molecular flexibility index (Phi) is 7.16. The minimum absolute atomic E-state index is 0.189. The van der Waals surface area contributed by atoms with E-state index in [2.05, 4.69) is 20.9 Å². The highest BCUT2D eigenvalue weighted by atomic mass is 32.1. The molecule has 0 amide bonds. The minimum atomic E-state index is -0.385. The number of benzene rings is 1. The van der Waals surface area contributed by atoms with Gasteiger partial charge in [0.2, 0.25) is 0 Å². The third-order valence-corrected chi connectivity index (χ3v) is 6.65. The quantitative estimate of drug-likeness (QED) is 0.394. The lowest BCUT2D eigenvalue weighted by molar-refractivity contribution is -0.140. The van der Waals surface area contributed by atoms with Crippen molar-refractivity contribution in [3.8, 4) is 5.69 Å². The molecule has 35 heavy (non-hydrogen) atoms. The molecule has 0 unspecified atom stereocenters. The zero-order valence-corrected chi connectivity index (χ0v) is 21.0. The van der Waals surface area contributed by atoms with Crippen molar-refractivity contribution in [2.24, 2.45) is 0 Å². The summed E-state index contributed by atoms with van der Waals surface area (Å²) in [5.41, 5.74) is 5.26. The van der Waals surface area contributed by atoms with Crippen LogP contribution in [0.5, 0.6) is 0 Å². The number of nitrogens with one attached hydrogen (secondary N) is 1. The standard InChI is InChI=1S/C26H28N4O4S/c1-16-14-20(17(2)30(16)19-9-7-8-18(15-19)25(32)34-4)24-23(21-10-5-6-12-27-21)28-26(35)29(24)13-11-22(31)33-3/h5-10,12,14-15,23-24H,11,13H2,1-4H3,(H,28,35)/t23-,24+/m0/s1. The third-order valence-electron chi connectivity index (χ3n) is 6.30. The van der Waals surface area contributed by atoms with Crippen molar-refractivity contribution in [2.45, 2.75) is 32.4 Å². The van der Waals surface area contributed by atoms with Gasteiger partial charge in [-0.25, -0.2) is 4.79 Å². The first-order chi connectivity index (χ1) is 16.8. The number of methoxy groups -OCH3 is 2. The van der Waals surface area contributed by atoms with Gasteiger partial charge >= 0.3 is 11.9 Å². The van der Waals surface area contributed by atoms with Gasteiger partial charge in [0, 0.05) is 29.8 Å². The van der Waals surface area contributed by atoms with Gasteiger partial charge in [0.1, 0.15) is 0 Å². The van der Waals surface area contributed by atoms with Gasteiger partial charge in [-0.15, -0.1) is 0 Å². The number of nitrogens with zero attached hydrogens (tertiary/aromatic N) is 3. The fourth-order valence-electron chi connectivity index (χ4n) is 4.67. The summed E-state index contributed by atoms with van der Waals surface area (Å²) in [5.74, 6) is -0.679. The average molecular weight is 493 g/mol. The van der Waals surface area contributed by atoms with Crippen molar-refractivity contribution >= 4 is 29.3 Å². The molecular weight excluding hydrogens is 464 g/mol. The molecule has 182 valence electrons. The monoisotopic (exact) mass is 492 g/mol. The Bertz CT molecular complexity index is 1260. The molecular formula is C26H28N4O4S. The summed E-state index contributed by atoms with van der Waals surface area (Å²) in [6.45, 7) is 4.48. The van der Waals surface area contributed by atoms with E-state index >= 15 is 0 Å². The molecule has 3 aromatic rings. The predicted molar refractivity (Wildman–Crippen MR) is 135 cm³/mol.